The van der Waals surface area contributed by atoms with E-state index in [9.17, 15) is 4.79 Å². The zero-order valence-corrected chi connectivity index (χ0v) is 11.0. The van der Waals surface area contributed by atoms with Crippen molar-refractivity contribution in [3.8, 4) is 6.07 Å². The fourth-order valence-electron chi connectivity index (χ4n) is 1.28. The van der Waals surface area contributed by atoms with Crippen molar-refractivity contribution in [2.75, 3.05) is 20.3 Å². The molecule has 1 rings (SSSR count). The fourth-order valence-corrected chi connectivity index (χ4v) is 1.70. The molecule has 0 aliphatic rings. The van der Waals surface area contributed by atoms with Gasteiger partial charge in [-0.3, -0.25) is 4.79 Å². The molecule has 0 aliphatic carbocycles. The SMILES string of the molecule is COCC(Br)CNC(=O)c1cccc(C#N)c1. The molecule has 0 spiro atoms. The van der Waals surface area contributed by atoms with E-state index in [1.165, 1.54) is 0 Å². The number of hydrogen-bond acceptors (Lipinski definition) is 3. The number of nitrogens with one attached hydrogen (secondary N) is 1. The van der Waals surface area contributed by atoms with E-state index in [0.717, 1.165) is 0 Å². The van der Waals surface area contributed by atoms with Crippen LogP contribution in [0.25, 0.3) is 0 Å². The zero-order valence-electron chi connectivity index (χ0n) is 9.44. The molecular formula is C12H13BrN2O2. The largest absolute Gasteiger partial charge is 0.383 e. The molecule has 90 valence electrons. The molecule has 0 saturated heterocycles. The summed E-state index contributed by atoms with van der Waals surface area (Å²) in [5.74, 6) is -0.192. The summed E-state index contributed by atoms with van der Waals surface area (Å²) in [5, 5.41) is 11.5. The summed E-state index contributed by atoms with van der Waals surface area (Å²) in [7, 11) is 1.60. The van der Waals surface area contributed by atoms with Crippen LogP contribution in [0, 0.1) is 11.3 Å². The topological polar surface area (TPSA) is 62.1 Å². The predicted molar refractivity (Wildman–Crippen MR) is 68.1 cm³/mol. The second kappa shape index (κ2) is 7.05. The number of ether oxygens (including phenoxy) is 1. The van der Waals surface area contributed by atoms with Crippen molar-refractivity contribution in [3.05, 3.63) is 35.4 Å². The lowest BCUT2D eigenvalue weighted by molar-refractivity contribution is 0.0950. The second-order valence-electron chi connectivity index (χ2n) is 3.46. The predicted octanol–water partition coefficient (Wildman–Crippen LogP) is 1.70. The summed E-state index contributed by atoms with van der Waals surface area (Å²) < 4.78 is 4.94. The van der Waals surface area contributed by atoms with Gasteiger partial charge in [-0.25, -0.2) is 0 Å². The first kappa shape index (κ1) is 13.7. The molecular weight excluding hydrogens is 284 g/mol. The van der Waals surface area contributed by atoms with Gasteiger partial charge in [0.25, 0.3) is 5.91 Å². The molecule has 0 saturated carbocycles. The van der Waals surface area contributed by atoms with Crippen molar-refractivity contribution in [2.45, 2.75) is 4.83 Å². The van der Waals surface area contributed by atoms with E-state index in [0.29, 0.717) is 24.3 Å². The lowest BCUT2D eigenvalue weighted by Gasteiger charge is -2.10. The minimum Gasteiger partial charge on any atom is -0.383 e. The summed E-state index contributed by atoms with van der Waals surface area (Å²) in [5.41, 5.74) is 0.964. The molecule has 0 bridgehead atoms. The van der Waals surface area contributed by atoms with Gasteiger partial charge < -0.3 is 10.1 Å². The van der Waals surface area contributed by atoms with Gasteiger partial charge in [0.2, 0.25) is 0 Å². The van der Waals surface area contributed by atoms with Gasteiger partial charge in [-0.2, -0.15) is 5.26 Å². The minimum atomic E-state index is -0.192. The van der Waals surface area contributed by atoms with Crippen LogP contribution in [0.1, 0.15) is 15.9 Å². The third-order valence-electron chi connectivity index (χ3n) is 2.09. The van der Waals surface area contributed by atoms with Crippen LogP contribution in [-0.2, 0) is 4.74 Å². The first-order valence-corrected chi connectivity index (χ1v) is 6.00. The van der Waals surface area contributed by atoms with Crippen molar-refractivity contribution in [1.29, 1.82) is 5.26 Å². The Labute approximate surface area is 109 Å². The number of amides is 1. The van der Waals surface area contributed by atoms with E-state index in [4.69, 9.17) is 10.00 Å². The van der Waals surface area contributed by atoms with E-state index in [1.807, 2.05) is 6.07 Å². The smallest absolute Gasteiger partial charge is 0.251 e. The maximum Gasteiger partial charge on any atom is 0.251 e. The van der Waals surface area contributed by atoms with Crippen molar-refractivity contribution in [1.82, 2.24) is 5.32 Å². The number of nitriles is 1. The molecule has 0 aromatic heterocycles. The minimum absolute atomic E-state index is 0.0793. The molecule has 0 radical (unpaired) electrons. The van der Waals surface area contributed by atoms with E-state index < -0.39 is 0 Å². The number of alkyl halides is 1. The molecule has 0 aliphatic heterocycles. The normalized spacial score (nSPS) is 11.6. The highest BCUT2D eigenvalue weighted by Crippen LogP contribution is 2.04. The first-order chi connectivity index (χ1) is 8.17. The van der Waals surface area contributed by atoms with Crippen molar-refractivity contribution >= 4 is 21.8 Å². The van der Waals surface area contributed by atoms with Crippen LogP contribution < -0.4 is 5.32 Å². The van der Waals surface area contributed by atoms with Crippen LogP contribution in [0.4, 0.5) is 0 Å². The Morgan fingerprint density at radius 1 is 1.65 bits per heavy atom. The molecule has 1 N–H and O–H groups in total. The average molecular weight is 297 g/mol. The summed E-state index contributed by atoms with van der Waals surface area (Å²) in [6.07, 6.45) is 0. The van der Waals surface area contributed by atoms with Crippen LogP contribution in [0.15, 0.2) is 24.3 Å². The van der Waals surface area contributed by atoms with Crippen molar-refractivity contribution in [3.63, 3.8) is 0 Å². The highest BCUT2D eigenvalue weighted by atomic mass is 79.9. The maximum absolute atomic E-state index is 11.7. The van der Waals surface area contributed by atoms with Crippen LogP contribution in [0.2, 0.25) is 0 Å². The number of halogens is 1. The summed E-state index contributed by atoms with van der Waals surface area (Å²) in [6, 6.07) is 8.59. The van der Waals surface area contributed by atoms with Gasteiger partial charge >= 0.3 is 0 Å². The fraction of sp³-hybridized carbons (Fsp3) is 0.333. The van der Waals surface area contributed by atoms with Gasteiger partial charge in [0.05, 0.1) is 23.1 Å². The van der Waals surface area contributed by atoms with E-state index in [2.05, 4.69) is 21.2 Å². The van der Waals surface area contributed by atoms with Crippen LogP contribution in [0.3, 0.4) is 0 Å². The number of hydrogen-bond donors (Lipinski definition) is 1. The third kappa shape index (κ3) is 4.55. The Kier molecular flexibility index (Phi) is 5.67. The number of carbonyl (C=O) groups is 1. The molecule has 1 aromatic carbocycles. The zero-order chi connectivity index (χ0) is 12.7. The molecule has 0 heterocycles. The molecule has 5 heteroatoms. The Balaban J connectivity index is 2.55. The van der Waals surface area contributed by atoms with Crippen LogP contribution >= 0.6 is 15.9 Å². The average Bonchev–Trinajstić information content (AvgIpc) is 2.36. The molecule has 17 heavy (non-hydrogen) atoms. The highest BCUT2D eigenvalue weighted by Gasteiger charge is 2.09. The molecule has 0 fully saturated rings. The van der Waals surface area contributed by atoms with Gasteiger partial charge in [0.1, 0.15) is 0 Å². The Hall–Kier alpha value is -1.38. The third-order valence-corrected chi connectivity index (χ3v) is 2.67. The lowest BCUT2D eigenvalue weighted by Crippen LogP contribution is -2.31. The lowest BCUT2D eigenvalue weighted by atomic mass is 10.1. The number of benzene rings is 1. The van der Waals surface area contributed by atoms with Gasteiger partial charge in [0, 0.05) is 19.2 Å². The Morgan fingerprint density at radius 3 is 3.06 bits per heavy atom. The van der Waals surface area contributed by atoms with Gasteiger partial charge in [-0.1, -0.05) is 22.0 Å². The monoisotopic (exact) mass is 296 g/mol. The molecule has 1 aromatic rings. The first-order valence-electron chi connectivity index (χ1n) is 5.08. The van der Waals surface area contributed by atoms with Crippen LogP contribution in [-0.4, -0.2) is 31.0 Å². The Morgan fingerprint density at radius 2 is 2.41 bits per heavy atom. The van der Waals surface area contributed by atoms with E-state index in [-0.39, 0.29) is 10.7 Å². The Bertz CT molecular complexity index is 429. The highest BCUT2D eigenvalue weighted by molar-refractivity contribution is 9.09. The number of nitrogens with zero attached hydrogens (tertiary/aromatic N) is 1. The summed E-state index contributed by atoms with van der Waals surface area (Å²) in [4.78, 5) is 11.8. The molecule has 1 amide bonds. The van der Waals surface area contributed by atoms with Crippen LogP contribution in [0.5, 0.6) is 0 Å². The number of carbonyl (C=O) groups excluding carboxylic acids is 1. The standard InChI is InChI=1S/C12H13BrN2O2/c1-17-8-11(13)7-15-12(16)10-4-2-3-9(5-10)6-14/h2-5,11H,7-8H2,1H3,(H,15,16). The molecule has 1 unspecified atom stereocenters. The second-order valence-corrected chi connectivity index (χ2v) is 4.75. The summed E-state index contributed by atoms with van der Waals surface area (Å²) in [6.45, 7) is 1.00. The molecule has 4 nitrogen and oxygen atoms in total. The summed E-state index contributed by atoms with van der Waals surface area (Å²) >= 11 is 3.38. The quantitative estimate of drug-likeness (QED) is 0.841. The van der Waals surface area contributed by atoms with Gasteiger partial charge in [-0.05, 0) is 18.2 Å². The number of methoxy groups -OCH3 is 1. The van der Waals surface area contributed by atoms with Gasteiger partial charge in [-0.15, -0.1) is 0 Å². The maximum atomic E-state index is 11.7. The van der Waals surface area contributed by atoms with E-state index >= 15 is 0 Å². The number of rotatable bonds is 5. The van der Waals surface area contributed by atoms with E-state index in [1.54, 1.807) is 31.4 Å². The van der Waals surface area contributed by atoms with Crippen molar-refractivity contribution < 1.29 is 9.53 Å². The van der Waals surface area contributed by atoms with Gasteiger partial charge in [0.15, 0.2) is 0 Å². The van der Waals surface area contributed by atoms with Crippen molar-refractivity contribution in [2.24, 2.45) is 0 Å². The molecule has 1 atom stereocenters.